The summed E-state index contributed by atoms with van der Waals surface area (Å²) in [5, 5.41) is 0. The normalized spacial score (nSPS) is 14.9. The highest BCUT2D eigenvalue weighted by Gasteiger charge is 2.26. The van der Waals surface area contributed by atoms with Crippen LogP contribution in [0.25, 0.3) is 10.4 Å². The van der Waals surface area contributed by atoms with E-state index in [1.165, 1.54) is 23.5 Å². The molecule has 0 unspecified atom stereocenters. The molecule has 0 radical (unpaired) electrons. The van der Waals surface area contributed by atoms with Gasteiger partial charge in [-0.3, -0.25) is 9.59 Å². The molecule has 1 aromatic heterocycles. The van der Waals surface area contributed by atoms with E-state index in [0.29, 0.717) is 31.1 Å². The molecule has 2 aromatic rings. The molecule has 0 bridgehead atoms. The summed E-state index contributed by atoms with van der Waals surface area (Å²) in [6.07, 6.45) is 0. The fourth-order valence-electron chi connectivity index (χ4n) is 2.87. The molecule has 25 heavy (non-hydrogen) atoms. The van der Waals surface area contributed by atoms with Crippen molar-refractivity contribution >= 4 is 23.2 Å². The Kier molecular flexibility index (Phi) is 5.18. The van der Waals surface area contributed by atoms with E-state index in [0.717, 1.165) is 10.4 Å². The molecule has 0 N–H and O–H groups in total. The fraction of sp³-hybridized carbons (Fsp3) is 0.368. The highest BCUT2D eigenvalue weighted by atomic mass is 32.1. The third-order valence-corrected chi connectivity index (χ3v) is 5.44. The third kappa shape index (κ3) is 3.90. The number of thiophene rings is 1. The molecule has 132 valence electrons. The molecule has 1 aliphatic rings. The van der Waals surface area contributed by atoms with E-state index in [2.05, 4.69) is 0 Å². The van der Waals surface area contributed by atoms with Crippen molar-refractivity contribution in [2.24, 2.45) is 5.92 Å². The van der Waals surface area contributed by atoms with Crippen molar-refractivity contribution in [1.82, 2.24) is 9.80 Å². The number of nitrogens with zero attached hydrogens (tertiary/aromatic N) is 2. The maximum Gasteiger partial charge on any atom is 0.264 e. The number of carbonyl (C=O) groups excluding carboxylic acids is 2. The summed E-state index contributed by atoms with van der Waals surface area (Å²) >= 11 is 1.41. The number of carbonyl (C=O) groups is 2. The summed E-state index contributed by atoms with van der Waals surface area (Å²) < 4.78 is 13.0. The molecule has 1 aromatic carbocycles. The molecular formula is C19H21FN2O2S. The summed E-state index contributed by atoms with van der Waals surface area (Å²) in [7, 11) is 0. The van der Waals surface area contributed by atoms with Crippen molar-refractivity contribution in [3.05, 3.63) is 47.1 Å². The Balaban J connectivity index is 1.65. The Hall–Kier alpha value is -2.21. The number of amides is 2. The Bertz CT molecular complexity index is 762. The Morgan fingerprint density at radius 1 is 0.960 bits per heavy atom. The van der Waals surface area contributed by atoms with Gasteiger partial charge in [-0.1, -0.05) is 26.0 Å². The van der Waals surface area contributed by atoms with Gasteiger partial charge >= 0.3 is 0 Å². The van der Waals surface area contributed by atoms with Crippen molar-refractivity contribution in [2.75, 3.05) is 26.2 Å². The third-order valence-electron chi connectivity index (χ3n) is 4.32. The predicted molar refractivity (Wildman–Crippen MR) is 97.0 cm³/mol. The van der Waals surface area contributed by atoms with Crippen molar-refractivity contribution in [3.8, 4) is 10.4 Å². The number of hydrogen-bond acceptors (Lipinski definition) is 3. The van der Waals surface area contributed by atoms with Crippen LogP contribution in [0, 0.1) is 11.7 Å². The lowest BCUT2D eigenvalue weighted by molar-refractivity contribution is -0.135. The van der Waals surface area contributed by atoms with E-state index in [1.54, 1.807) is 17.0 Å². The smallest absolute Gasteiger partial charge is 0.264 e. The maximum atomic E-state index is 13.0. The molecule has 2 amide bonds. The summed E-state index contributed by atoms with van der Waals surface area (Å²) in [5.74, 6) is -0.153. The van der Waals surface area contributed by atoms with Crippen LogP contribution in [0.5, 0.6) is 0 Å². The van der Waals surface area contributed by atoms with Gasteiger partial charge in [0.05, 0.1) is 4.88 Å². The van der Waals surface area contributed by atoms with E-state index in [-0.39, 0.29) is 23.5 Å². The van der Waals surface area contributed by atoms with Gasteiger partial charge in [-0.05, 0) is 29.8 Å². The first-order chi connectivity index (χ1) is 12.0. The molecular weight excluding hydrogens is 339 g/mol. The van der Waals surface area contributed by atoms with Crippen molar-refractivity contribution in [1.29, 1.82) is 0 Å². The van der Waals surface area contributed by atoms with Gasteiger partial charge in [0.15, 0.2) is 0 Å². The van der Waals surface area contributed by atoms with Crippen LogP contribution in [0.15, 0.2) is 36.4 Å². The lowest BCUT2D eigenvalue weighted by atomic mass is 10.1. The van der Waals surface area contributed by atoms with Crippen molar-refractivity contribution in [3.63, 3.8) is 0 Å². The number of rotatable bonds is 3. The van der Waals surface area contributed by atoms with Crippen LogP contribution in [0.4, 0.5) is 4.39 Å². The molecule has 1 fully saturated rings. The summed E-state index contributed by atoms with van der Waals surface area (Å²) in [5.41, 5.74) is 0.901. The van der Waals surface area contributed by atoms with Gasteiger partial charge in [-0.25, -0.2) is 4.39 Å². The van der Waals surface area contributed by atoms with E-state index < -0.39 is 0 Å². The molecule has 0 aliphatic carbocycles. The van der Waals surface area contributed by atoms with Crippen LogP contribution in [-0.2, 0) is 4.79 Å². The molecule has 1 aliphatic heterocycles. The van der Waals surface area contributed by atoms with Crippen LogP contribution < -0.4 is 0 Å². The van der Waals surface area contributed by atoms with Crippen molar-refractivity contribution < 1.29 is 14.0 Å². The average molecular weight is 360 g/mol. The van der Waals surface area contributed by atoms with Crippen LogP contribution in [0.3, 0.4) is 0 Å². The SMILES string of the molecule is CC(C)C(=O)N1CCN(C(=O)c2ccc(-c3ccc(F)cc3)s2)CC1. The molecule has 6 heteroatoms. The number of hydrogen-bond donors (Lipinski definition) is 0. The largest absolute Gasteiger partial charge is 0.339 e. The van der Waals surface area contributed by atoms with Crippen molar-refractivity contribution in [2.45, 2.75) is 13.8 Å². The van der Waals surface area contributed by atoms with Gasteiger partial charge in [0, 0.05) is 37.0 Å². The van der Waals surface area contributed by atoms with Gasteiger partial charge < -0.3 is 9.80 Å². The Morgan fingerprint density at radius 3 is 2.16 bits per heavy atom. The molecule has 0 atom stereocenters. The van der Waals surface area contributed by atoms with Crippen LogP contribution >= 0.6 is 11.3 Å². The van der Waals surface area contributed by atoms with Crippen LogP contribution in [0.1, 0.15) is 23.5 Å². The zero-order valence-corrected chi connectivity index (χ0v) is 15.2. The zero-order chi connectivity index (χ0) is 18.0. The highest BCUT2D eigenvalue weighted by molar-refractivity contribution is 7.17. The topological polar surface area (TPSA) is 40.6 Å². The first-order valence-corrected chi connectivity index (χ1v) is 9.21. The van der Waals surface area contributed by atoms with E-state index in [1.807, 2.05) is 30.9 Å². The predicted octanol–water partition coefficient (Wildman–Crippen LogP) is 3.49. The lowest BCUT2D eigenvalue weighted by Crippen LogP contribution is -2.51. The van der Waals surface area contributed by atoms with Gasteiger partial charge in [0.25, 0.3) is 5.91 Å². The van der Waals surface area contributed by atoms with Gasteiger partial charge in [0.1, 0.15) is 5.82 Å². The monoisotopic (exact) mass is 360 g/mol. The van der Waals surface area contributed by atoms with Gasteiger partial charge in [0.2, 0.25) is 5.91 Å². The lowest BCUT2D eigenvalue weighted by Gasteiger charge is -2.35. The van der Waals surface area contributed by atoms with E-state index in [9.17, 15) is 14.0 Å². The van der Waals surface area contributed by atoms with E-state index in [4.69, 9.17) is 0 Å². The minimum atomic E-state index is -0.273. The van der Waals surface area contributed by atoms with Crippen LogP contribution in [0.2, 0.25) is 0 Å². The second-order valence-corrected chi connectivity index (χ2v) is 7.53. The quantitative estimate of drug-likeness (QED) is 0.841. The van der Waals surface area contributed by atoms with Gasteiger partial charge in [-0.15, -0.1) is 11.3 Å². The molecule has 4 nitrogen and oxygen atoms in total. The summed E-state index contributed by atoms with van der Waals surface area (Å²) in [4.78, 5) is 29.9. The highest BCUT2D eigenvalue weighted by Crippen LogP contribution is 2.29. The van der Waals surface area contributed by atoms with Gasteiger partial charge in [-0.2, -0.15) is 0 Å². The number of piperazine rings is 1. The molecule has 2 heterocycles. The first-order valence-electron chi connectivity index (χ1n) is 8.39. The maximum absolute atomic E-state index is 13.0. The average Bonchev–Trinajstić information content (AvgIpc) is 3.11. The number of benzene rings is 1. The molecule has 3 rings (SSSR count). The summed E-state index contributed by atoms with van der Waals surface area (Å²) in [6.45, 7) is 6.06. The minimum absolute atomic E-state index is 0.00462. The molecule has 0 spiro atoms. The molecule has 1 saturated heterocycles. The second-order valence-electron chi connectivity index (χ2n) is 6.44. The fourth-order valence-corrected chi connectivity index (χ4v) is 3.85. The Morgan fingerprint density at radius 2 is 1.56 bits per heavy atom. The Labute approximate surface area is 150 Å². The second kappa shape index (κ2) is 7.35. The zero-order valence-electron chi connectivity index (χ0n) is 14.4. The minimum Gasteiger partial charge on any atom is -0.339 e. The number of halogens is 1. The first kappa shape index (κ1) is 17.6. The van der Waals surface area contributed by atoms with E-state index >= 15 is 0 Å². The summed E-state index contributed by atoms with van der Waals surface area (Å²) in [6, 6.07) is 9.97. The van der Waals surface area contributed by atoms with Crippen LogP contribution in [-0.4, -0.2) is 47.8 Å². The standard InChI is InChI=1S/C19H21FN2O2S/c1-13(2)18(23)21-9-11-22(12-10-21)19(24)17-8-7-16(25-17)14-3-5-15(20)6-4-14/h3-8,13H,9-12H2,1-2H3. The molecule has 0 saturated carbocycles.